The van der Waals surface area contributed by atoms with Crippen LogP contribution in [0.2, 0.25) is 0 Å². The second-order valence-corrected chi connectivity index (χ2v) is 5.83. The zero-order valence-electron chi connectivity index (χ0n) is 14.2. The number of nitrogens with two attached hydrogens (primary N) is 1. The third kappa shape index (κ3) is 7.36. The number of nitrogens with zero attached hydrogens (tertiary/aromatic N) is 1. The number of rotatable bonds is 7. The van der Waals surface area contributed by atoms with Crippen LogP contribution in [0.5, 0.6) is 0 Å². The molecular weight excluding hydrogens is 349 g/mol. The lowest BCUT2D eigenvalue weighted by atomic mass is 10.1. The van der Waals surface area contributed by atoms with E-state index in [-0.39, 0.29) is 37.3 Å². The highest BCUT2D eigenvalue weighted by Gasteiger charge is 2.15. The number of halogens is 2. The Morgan fingerprint density at radius 1 is 1.17 bits per heavy atom. The van der Waals surface area contributed by atoms with E-state index in [1.54, 1.807) is 0 Å². The zero-order valence-corrected chi connectivity index (χ0v) is 15.8. The Balaban J connectivity index is 0.00000264. The molecule has 1 aliphatic heterocycles. The van der Waals surface area contributed by atoms with E-state index in [2.05, 4.69) is 34.5 Å². The summed E-state index contributed by atoms with van der Waals surface area (Å²) in [5, 5.41) is 2.85. The molecule has 0 radical (unpaired) electrons. The van der Waals surface area contributed by atoms with Crippen LogP contribution in [-0.2, 0) is 22.6 Å². The topological polar surface area (TPSA) is 67.6 Å². The normalized spacial score (nSPS) is 15.8. The summed E-state index contributed by atoms with van der Waals surface area (Å²) in [6.45, 7) is 4.12. The van der Waals surface area contributed by atoms with Gasteiger partial charge in [0.2, 0.25) is 0 Å². The van der Waals surface area contributed by atoms with Gasteiger partial charge >= 0.3 is 0 Å². The molecule has 1 heterocycles. The number of ether oxygens (including phenoxy) is 1. The van der Waals surface area contributed by atoms with Gasteiger partial charge in [-0.25, -0.2) is 0 Å². The van der Waals surface area contributed by atoms with Gasteiger partial charge in [0.25, 0.3) is 5.91 Å². The maximum atomic E-state index is 11.8. The van der Waals surface area contributed by atoms with E-state index in [9.17, 15) is 4.79 Å². The van der Waals surface area contributed by atoms with Crippen LogP contribution >= 0.6 is 24.8 Å². The lowest BCUT2D eigenvalue weighted by Gasteiger charge is -2.26. The Hall–Kier alpha value is -0.850. The van der Waals surface area contributed by atoms with Gasteiger partial charge in [0, 0.05) is 26.7 Å². The number of carbonyl (C=O) groups excluding carboxylic acids is 1. The molecule has 0 saturated carbocycles. The molecule has 1 unspecified atom stereocenters. The van der Waals surface area contributed by atoms with E-state index in [0.717, 1.165) is 12.1 Å². The van der Waals surface area contributed by atoms with Gasteiger partial charge in [0.05, 0.1) is 0 Å². The van der Waals surface area contributed by atoms with Crippen LogP contribution in [0, 0.1) is 0 Å². The summed E-state index contributed by atoms with van der Waals surface area (Å²) < 4.78 is 5.01. The van der Waals surface area contributed by atoms with Crippen molar-refractivity contribution in [2.24, 2.45) is 5.73 Å². The highest BCUT2D eigenvalue weighted by Crippen LogP contribution is 2.13. The number of methoxy groups -OCH3 is 1. The van der Waals surface area contributed by atoms with Crippen molar-refractivity contribution in [3.63, 3.8) is 0 Å². The van der Waals surface area contributed by atoms with Crippen LogP contribution in [0.1, 0.15) is 30.4 Å². The third-order valence-electron chi connectivity index (χ3n) is 4.14. The number of likely N-dealkylation sites (tertiary alicyclic amines) is 1. The maximum Gasteiger partial charge on any atom is 0.250 e. The van der Waals surface area contributed by atoms with Crippen LogP contribution in [0.25, 0.3) is 0 Å². The van der Waals surface area contributed by atoms with E-state index < -0.39 is 6.10 Å². The van der Waals surface area contributed by atoms with Gasteiger partial charge in [-0.05, 0) is 37.1 Å². The molecule has 0 spiro atoms. The molecule has 5 nitrogen and oxygen atoms in total. The summed E-state index contributed by atoms with van der Waals surface area (Å²) in [6.07, 6.45) is 3.41. The summed E-state index contributed by atoms with van der Waals surface area (Å²) >= 11 is 0. The molecule has 0 bridgehead atoms. The average Bonchev–Trinajstić information content (AvgIpc) is 2.56. The first-order valence-electron chi connectivity index (χ1n) is 8.03. The fourth-order valence-electron chi connectivity index (χ4n) is 2.75. The maximum absolute atomic E-state index is 11.8. The first kappa shape index (κ1) is 23.1. The second kappa shape index (κ2) is 12.5. The number of hydrogen-bond donors (Lipinski definition) is 2. The summed E-state index contributed by atoms with van der Waals surface area (Å²) in [5.41, 5.74) is 7.88. The van der Waals surface area contributed by atoms with Gasteiger partial charge in [-0.15, -0.1) is 24.8 Å². The molecule has 0 aliphatic carbocycles. The van der Waals surface area contributed by atoms with Crippen molar-refractivity contribution < 1.29 is 9.53 Å². The fourth-order valence-corrected chi connectivity index (χ4v) is 2.75. The number of hydrogen-bond acceptors (Lipinski definition) is 4. The van der Waals surface area contributed by atoms with E-state index >= 15 is 0 Å². The van der Waals surface area contributed by atoms with Crippen molar-refractivity contribution in [3.05, 3.63) is 35.4 Å². The van der Waals surface area contributed by atoms with E-state index in [4.69, 9.17) is 10.5 Å². The van der Waals surface area contributed by atoms with Crippen molar-refractivity contribution >= 4 is 30.7 Å². The molecule has 1 aromatic rings. The molecule has 0 aromatic heterocycles. The Labute approximate surface area is 157 Å². The number of piperidine rings is 1. The molecule has 1 aliphatic rings. The molecule has 7 heteroatoms. The molecule has 1 aromatic carbocycles. The largest absolute Gasteiger partial charge is 0.370 e. The van der Waals surface area contributed by atoms with Crippen molar-refractivity contribution in [1.29, 1.82) is 0 Å². The molecule has 1 fully saturated rings. The van der Waals surface area contributed by atoms with Crippen LogP contribution in [0.15, 0.2) is 24.3 Å². The second-order valence-electron chi connectivity index (χ2n) is 5.83. The van der Waals surface area contributed by atoms with Crippen molar-refractivity contribution in [2.45, 2.75) is 38.5 Å². The van der Waals surface area contributed by atoms with Crippen LogP contribution in [-0.4, -0.2) is 43.7 Å². The van der Waals surface area contributed by atoms with Gasteiger partial charge in [-0.3, -0.25) is 9.69 Å². The van der Waals surface area contributed by atoms with Gasteiger partial charge < -0.3 is 15.8 Å². The Morgan fingerprint density at radius 3 is 2.29 bits per heavy atom. The monoisotopic (exact) mass is 377 g/mol. The first-order chi connectivity index (χ1) is 10.7. The minimum Gasteiger partial charge on any atom is -0.370 e. The van der Waals surface area contributed by atoms with Crippen molar-refractivity contribution in [2.75, 3.05) is 26.7 Å². The predicted molar refractivity (Wildman–Crippen MR) is 102 cm³/mol. The van der Waals surface area contributed by atoms with E-state index in [1.165, 1.54) is 45.0 Å². The third-order valence-corrected chi connectivity index (χ3v) is 4.14. The number of nitrogens with one attached hydrogen (secondary N) is 1. The van der Waals surface area contributed by atoms with Crippen LogP contribution in [0.3, 0.4) is 0 Å². The summed E-state index contributed by atoms with van der Waals surface area (Å²) in [4.78, 5) is 14.3. The van der Waals surface area contributed by atoms with E-state index in [1.807, 2.05) is 0 Å². The van der Waals surface area contributed by atoms with Crippen LogP contribution < -0.4 is 11.1 Å². The standard InChI is InChI=1S/C17H27N3O2.2ClH/c1-22-16(11-18)17(21)19-12-14-5-7-15(8-6-14)13-20-9-3-2-4-10-20;;/h5-8,16H,2-4,9-13,18H2,1H3,(H,19,21);2*1H. The molecule has 1 saturated heterocycles. The Bertz CT molecular complexity index is 461. The lowest BCUT2D eigenvalue weighted by Crippen LogP contribution is -2.40. The summed E-state index contributed by atoms with van der Waals surface area (Å²) in [7, 11) is 1.49. The Morgan fingerprint density at radius 2 is 1.75 bits per heavy atom. The number of benzene rings is 1. The minimum atomic E-state index is -0.571. The quantitative estimate of drug-likeness (QED) is 0.763. The molecule has 2 rings (SSSR count). The fraction of sp³-hybridized carbons (Fsp3) is 0.588. The molecular formula is C17H29Cl2N3O2. The highest BCUT2D eigenvalue weighted by atomic mass is 35.5. The van der Waals surface area contributed by atoms with Gasteiger partial charge in [-0.2, -0.15) is 0 Å². The molecule has 1 atom stereocenters. The summed E-state index contributed by atoms with van der Waals surface area (Å²) in [5.74, 6) is -0.164. The Kier molecular flexibility index (Phi) is 12.1. The molecule has 138 valence electrons. The summed E-state index contributed by atoms with van der Waals surface area (Å²) in [6, 6.07) is 8.44. The highest BCUT2D eigenvalue weighted by molar-refractivity contribution is 5.85. The van der Waals surface area contributed by atoms with Crippen LogP contribution in [0.4, 0.5) is 0 Å². The zero-order chi connectivity index (χ0) is 15.8. The average molecular weight is 378 g/mol. The molecule has 3 N–H and O–H groups in total. The van der Waals surface area contributed by atoms with Gasteiger partial charge in [0.15, 0.2) is 0 Å². The minimum absolute atomic E-state index is 0. The number of carbonyl (C=O) groups is 1. The van der Waals surface area contributed by atoms with Gasteiger partial charge in [-0.1, -0.05) is 30.7 Å². The first-order valence-corrected chi connectivity index (χ1v) is 8.03. The molecule has 1 amide bonds. The predicted octanol–water partition coefficient (Wildman–Crippen LogP) is 2.11. The van der Waals surface area contributed by atoms with Crippen molar-refractivity contribution in [1.82, 2.24) is 10.2 Å². The lowest BCUT2D eigenvalue weighted by molar-refractivity contribution is -0.130. The SMILES string of the molecule is COC(CN)C(=O)NCc1ccc(CN2CCCCC2)cc1.Cl.Cl. The number of amides is 1. The molecule has 24 heavy (non-hydrogen) atoms. The smallest absolute Gasteiger partial charge is 0.250 e. The van der Waals surface area contributed by atoms with Gasteiger partial charge in [0.1, 0.15) is 6.10 Å². The van der Waals surface area contributed by atoms with Crippen molar-refractivity contribution in [3.8, 4) is 0 Å². The van der Waals surface area contributed by atoms with E-state index in [0.29, 0.717) is 6.54 Å².